The highest BCUT2D eigenvalue weighted by molar-refractivity contribution is 5.61. The lowest BCUT2D eigenvalue weighted by molar-refractivity contribution is 0.288. The summed E-state index contributed by atoms with van der Waals surface area (Å²) in [5.74, 6) is -0.214. The topological polar surface area (TPSA) is 56.8 Å². The number of rotatable bonds is 7. The van der Waals surface area contributed by atoms with E-state index < -0.39 is 0 Å². The summed E-state index contributed by atoms with van der Waals surface area (Å²) in [6.45, 7) is 1.43. The average molecular weight is 339 g/mol. The van der Waals surface area contributed by atoms with Crippen LogP contribution in [0.4, 0.5) is 4.39 Å². The minimum Gasteiger partial charge on any atom is -0.311 e. The van der Waals surface area contributed by atoms with Crippen molar-refractivity contribution in [3.63, 3.8) is 0 Å². The zero-order chi connectivity index (χ0) is 17.6. The Morgan fingerprint density at radius 3 is 2.64 bits per heavy atom. The van der Waals surface area contributed by atoms with Crippen molar-refractivity contribution < 1.29 is 4.39 Å². The van der Waals surface area contributed by atoms with Gasteiger partial charge in [0.05, 0.1) is 11.9 Å². The van der Waals surface area contributed by atoms with E-state index in [0.717, 1.165) is 28.9 Å². The van der Waals surface area contributed by atoms with Gasteiger partial charge < -0.3 is 10.2 Å². The summed E-state index contributed by atoms with van der Waals surface area (Å²) in [5.41, 5.74) is 4.16. The van der Waals surface area contributed by atoms with E-state index in [4.69, 9.17) is 0 Å². The second kappa shape index (κ2) is 8.00. The molecular formula is C19H22FN5. The number of benzene rings is 1. The molecule has 1 unspecified atom stereocenters. The lowest BCUT2D eigenvalue weighted by Crippen LogP contribution is -2.30. The number of hydrogen-bond acceptors (Lipinski definition) is 4. The highest BCUT2D eigenvalue weighted by Crippen LogP contribution is 2.21. The number of nitrogens with zero attached hydrogens (tertiary/aromatic N) is 3. The van der Waals surface area contributed by atoms with Crippen LogP contribution in [0.3, 0.4) is 0 Å². The van der Waals surface area contributed by atoms with Gasteiger partial charge in [-0.2, -0.15) is 5.10 Å². The number of halogens is 1. The highest BCUT2D eigenvalue weighted by atomic mass is 19.1. The van der Waals surface area contributed by atoms with Crippen LogP contribution in [-0.2, 0) is 6.54 Å². The number of H-pyrrole nitrogens is 1. The SMILES string of the molecule is CN(C)C(CNCc1cn[nH]c1-c1cccnc1)c1ccc(F)cc1. The van der Waals surface area contributed by atoms with Crippen LogP contribution < -0.4 is 5.32 Å². The Bertz CT molecular complexity index is 783. The van der Waals surface area contributed by atoms with Gasteiger partial charge in [0.25, 0.3) is 0 Å². The van der Waals surface area contributed by atoms with E-state index in [-0.39, 0.29) is 11.9 Å². The van der Waals surface area contributed by atoms with E-state index in [1.807, 2.05) is 50.8 Å². The van der Waals surface area contributed by atoms with Crippen LogP contribution in [0.2, 0.25) is 0 Å². The molecule has 0 amide bonds. The normalized spacial score (nSPS) is 12.5. The fraction of sp³-hybridized carbons (Fsp3) is 0.263. The maximum atomic E-state index is 13.1. The van der Waals surface area contributed by atoms with Crippen LogP contribution in [0.25, 0.3) is 11.3 Å². The number of hydrogen-bond donors (Lipinski definition) is 2. The molecule has 5 nitrogen and oxygen atoms in total. The molecule has 130 valence electrons. The summed E-state index contributed by atoms with van der Waals surface area (Å²) >= 11 is 0. The van der Waals surface area contributed by atoms with Crippen molar-refractivity contribution in [1.82, 2.24) is 25.4 Å². The molecule has 0 aliphatic rings. The predicted octanol–water partition coefficient (Wildman–Crippen LogP) is 3.00. The molecule has 0 bridgehead atoms. The first-order chi connectivity index (χ1) is 12.1. The monoisotopic (exact) mass is 339 g/mol. The molecule has 0 aliphatic carbocycles. The van der Waals surface area contributed by atoms with Gasteiger partial charge in [0.1, 0.15) is 5.82 Å². The molecule has 6 heteroatoms. The summed E-state index contributed by atoms with van der Waals surface area (Å²) in [4.78, 5) is 6.28. The molecule has 3 rings (SSSR count). The Morgan fingerprint density at radius 1 is 1.16 bits per heavy atom. The van der Waals surface area contributed by atoms with E-state index in [2.05, 4.69) is 25.4 Å². The minimum atomic E-state index is -0.214. The van der Waals surface area contributed by atoms with Gasteiger partial charge >= 0.3 is 0 Å². The van der Waals surface area contributed by atoms with Crippen LogP contribution >= 0.6 is 0 Å². The van der Waals surface area contributed by atoms with E-state index >= 15 is 0 Å². The molecule has 0 saturated carbocycles. The third-order valence-electron chi connectivity index (χ3n) is 4.20. The predicted molar refractivity (Wildman–Crippen MR) is 96.4 cm³/mol. The van der Waals surface area contributed by atoms with E-state index in [9.17, 15) is 4.39 Å². The first-order valence-electron chi connectivity index (χ1n) is 8.20. The van der Waals surface area contributed by atoms with Gasteiger partial charge in [0, 0.05) is 42.7 Å². The van der Waals surface area contributed by atoms with Crippen molar-refractivity contribution in [2.75, 3.05) is 20.6 Å². The van der Waals surface area contributed by atoms with E-state index in [0.29, 0.717) is 6.54 Å². The van der Waals surface area contributed by atoms with E-state index in [1.54, 1.807) is 6.20 Å². The van der Waals surface area contributed by atoms with Crippen molar-refractivity contribution in [3.8, 4) is 11.3 Å². The lowest BCUT2D eigenvalue weighted by Gasteiger charge is -2.25. The largest absolute Gasteiger partial charge is 0.311 e. The minimum absolute atomic E-state index is 0.161. The molecule has 25 heavy (non-hydrogen) atoms. The average Bonchev–Trinajstić information content (AvgIpc) is 3.09. The first-order valence-corrected chi connectivity index (χ1v) is 8.20. The molecule has 2 aromatic heterocycles. The zero-order valence-electron chi connectivity index (χ0n) is 14.4. The molecule has 3 aromatic rings. The Labute approximate surface area is 146 Å². The van der Waals surface area contributed by atoms with Crippen molar-refractivity contribution in [3.05, 3.63) is 71.9 Å². The van der Waals surface area contributed by atoms with Crippen molar-refractivity contribution in [2.45, 2.75) is 12.6 Å². The van der Waals surface area contributed by atoms with Gasteiger partial charge in [-0.05, 0) is 43.9 Å². The Kier molecular flexibility index (Phi) is 5.53. The number of likely N-dealkylation sites (N-methyl/N-ethyl adjacent to an activating group) is 1. The maximum absolute atomic E-state index is 13.1. The van der Waals surface area contributed by atoms with Gasteiger partial charge in [-0.3, -0.25) is 10.1 Å². The lowest BCUT2D eigenvalue weighted by atomic mass is 10.1. The summed E-state index contributed by atoms with van der Waals surface area (Å²) in [7, 11) is 4.04. The fourth-order valence-corrected chi connectivity index (χ4v) is 2.83. The third kappa shape index (κ3) is 4.29. The van der Waals surface area contributed by atoms with Crippen LogP contribution in [0, 0.1) is 5.82 Å². The Hall–Kier alpha value is -2.57. The highest BCUT2D eigenvalue weighted by Gasteiger charge is 2.14. The molecule has 0 fully saturated rings. The van der Waals surface area contributed by atoms with Gasteiger partial charge in [0.2, 0.25) is 0 Å². The smallest absolute Gasteiger partial charge is 0.123 e. The Balaban J connectivity index is 1.66. The molecular weight excluding hydrogens is 317 g/mol. The van der Waals surface area contributed by atoms with Gasteiger partial charge in [-0.15, -0.1) is 0 Å². The number of pyridine rings is 1. The molecule has 0 aliphatic heterocycles. The maximum Gasteiger partial charge on any atom is 0.123 e. The quantitative estimate of drug-likeness (QED) is 0.695. The fourth-order valence-electron chi connectivity index (χ4n) is 2.83. The summed E-state index contributed by atoms with van der Waals surface area (Å²) < 4.78 is 13.1. The third-order valence-corrected chi connectivity index (χ3v) is 4.20. The van der Waals surface area contributed by atoms with E-state index in [1.165, 1.54) is 12.1 Å². The second-order valence-electron chi connectivity index (χ2n) is 6.17. The van der Waals surface area contributed by atoms with Crippen LogP contribution in [-0.4, -0.2) is 40.7 Å². The van der Waals surface area contributed by atoms with Gasteiger partial charge in [-0.25, -0.2) is 4.39 Å². The summed E-state index contributed by atoms with van der Waals surface area (Å²) in [6.07, 6.45) is 5.40. The molecule has 2 heterocycles. The molecule has 0 radical (unpaired) electrons. The molecule has 1 aromatic carbocycles. The van der Waals surface area contributed by atoms with Crippen LogP contribution in [0.5, 0.6) is 0 Å². The van der Waals surface area contributed by atoms with Crippen molar-refractivity contribution in [1.29, 1.82) is 0 Å². The number of aromatic amines is 1. The van der Waals surface area contributed by atoms with Crippen molar-refractivity contribution in [2.24, 2.45) is 0 Å². The molecule has 1 atom stereocenters. The van der Waals surface area contributed by atoms with Crippen molar-refractivity contribution >= 4 is 0 Å². The first kappa shape index (κ1) is 17.3. The van der Waals surface area contributed by atoms with Crippen LogP contribution in [0.15, 0.2) is 55.0 Å². The van der Waals surface area contributed by atoms with Crippen LogP contribution in [0.1, 0.15) is 17.2 Å². The van der Waals surface area contributed by atoms with Gasteiger partial charge in [0.15, 0.2) is 0 Å². The zero-order valence-corrected chi connectivity index (χ0v) is 14.4. The summed E-state index contributed by atoms with van der Waals surface area (Å²) in [5, 5.41) is 10.7. The van der Waals surface area contributed by atoms with Gasteiger partial charge in [-0.1, -0.05) is 12.1 Å². The molecule has 0 spiro atoms. The molecule has 0 saturated heterocycles. The second-order valence-corrected chi connectivity index (χ2v) is 6.17. The molecule has 2 N–H and O–H groups in total. The standard InChI is InChI=1S/C19H22FN5/c1-25(2)18(14-5-7-17(20)8-6-14)13-22-11-16-12-23-24-19(16)15-4-3-9-21-10-15/h3-10,12,18,22H,11,13H2,1-2H3,(H,23,24). The Morgan fingerprint density at radius 2 is 1.96 bits per heavy atom. The number of aromatic nitrogens is 3. The summed E-state index contributed by atoms with van der Waals surface area (Å²) in [6, 6.07) is 10.7. The number of nitrogens with one attached hydrogen (secondary N) is 2.